The van der Waals surface area contributed by atoms with Crippen LogP contribution in [0.2, 0.25) is 0 Å². The fraction of sp³-hybridized carbons (Fsp3) is 0.0508. The molecular weight excluding hydrogens is 723 g/mol. The number of fused-ring (bicyclic) bond motifs is 5. The van der Waals surface area contributed by atoms with Crippen molar-refractivity contribution in [3.05, 3.63) is 236 Å². The molecule has 284 valence electrons. The van der Waals surface area contributed by atoms with E-state index < -0.39 is 0 Å². The van der Waals surface area contributed by atoms with Crippen molar-refractivity contribution in [1.82, 2.24) is 0 Å². The molecular formula is C59H43N. The second kappa shape index (κ2) is 14.4. The van der Waals surface area contributed by atoms with Gasteiger partial charge in [0.2, 0.25) is 0 Å². The lowest BCUT2D eigenvalue weighted by molar-refractivity contribution is 0.660. The molecule has 0 aliphatic heterocycles. The molecule has 0 N–H and O–H groups in total. The van der Waals surface area contributed by atoms with E-state index in [9.17, 15) is 0 Å². The van der Waals surface area contributed by atoms with Gasteiger partial charge in [0.25, 0.3) is 0 Å². The van der Waals surface area contributed by atoms with Crippen LogP contribution in [0.25, 0.3) is 77.2 Å². The Hall–Kier alpha value is -7.48. The maximum Gasteiger partial charge on any atom is 0.0465 e. The number of nitrogens with zero attached hydrogens (tertiary/aromatic N) is 1. The summed E-state index contributed by atoms with van der Waals surface area (Å²) in [5.41, 5.74) is 18.3. The highest BCUT2D eigenvalue weighted by molar-refractivity contribution is 5.98. The summed E-state index contributed by atoms with van der Waals surface area (Å²) in [5, 5.41) is 5.00. The molecule has 0 spiro atoms. The smallest absolute Gasteiger partial charge is 0.0465 e. The van der Waals surface area contributed by atoms with Gasteiger partial charge < -0.3 is 4.90 Å². The minimum atomic E-state index is -0.190. The second-order valence-electron chi connectivity index (χ2n) is 16.6. The van der Waals surface area contributed by atoms with E-state index in [1.165, 1.54) is 88.3 Å². The molecule has 0 fully saturated rings. The molecule has 0 heterocycles. The molecule has 0 radical (unpaired) electrons. The molecule has 60 heavy (non-hydrogen) atoms. The molecule has 0 saturated carbocycles. The lowest BCUT2D eigenvalue weighted by Crippen LogP contribution is -2.16. The molecule has 0 amide bonds. The van der Waals surface area contributed by atoms with Crippen LogP contribution in [0.1, 0.15) is 25.0 Å². The van der Waals surface area contributed by atoms with Crippen LogP contribution in [0.15, 0.2) is 224 Å². The maximum atomic E-state index is 2.44. The molecule has 0 saturated heterocycles. The van der Waals surface area contributed by atoms with Crippen molar-refractivity contribution in [2.45, 2.75) is 19.3 Å². The van der Waals surface area contributed by atoms with Crippen LogP contribution in [0.5, 0.6) is 0 Å². The van der Waals surface area contributed by atoms with Crippen LogP contribution in [-0.2, 0) is 5.41 Å². The van der Waals surface area contributed by atoms with Crippen LogP contribution in [0, 0.1) is 0 Å². The lowest BCUT2D eigenvalue weighted by atomic mass is 9.81. The fourth-order valence-electron chi connectivity index (χ4n) is 9.52. The zero-order valence-electron chi connectivity index (χ0n) is 33.8. The van der Waals surface area contributed by atoms with Crippen molar-refractivity contribution in [3.8, 4) is 55.6 Å². The first-order chi connectivity index (χ1) is 29.5. The van der Waals surface area contributed by atoms with Crippen LogP contribution in [-0.4, -0.2) is 0 Å². The summed E-state index contributed by atoms with van der Waals surface area (Å²) in [5.74, 6) is 0. The maximum absolute atomic E-state index is 2.44. The molecule has 1 aliphatic carbocycles. The lowest BCUT2D eigenvalue weighted by Gasteiger charge is -2.28. The van der Waals surface area contributed by atoms with E-state index >= 15 is 0 Å². The van der Waals surface area contributed by atoms with E-state index in [4.69, 9.17) is 0 Å². The van der Waals surface area contributed by atoms with Crippen molar-refractivity contribution in [1.29, 1.82) is 0 Å². The SMILES string of the molecule is CC1(C)c2cc(N(c3ccc(-c4ccccc4)cc3)c3ccc(-c4cc5ccccc5cc4-c4ccccc4)cc3)ccc2-c2c(-c3ccc4ccccc4c3)cccc21. The van der Waals surface area contributed by atoms with E-state index in [1.807, 2.05) is 0 Å². The molecule has 1 aliphatic rings. The van der Waals surface area contributed by atoms with Gasteiger partial charge in [0.05, 0.1) is 0 Å². The third-order valence-corrected chi connectivity index (χ3v) is 12.6. The zero-order chi connectivity index (χ0) is 40.2. The topological polar surface area (TPSA) is 3.24 Å². The Labute approximate surface area is 352 Å². The van der Waals surface area contributed by atoms with Crippen molar-refractivity contribution in [3.63, 3.8) is 0 Å². The van der Waals surface area contributed by atoms with E-state index in [0.29, 0.717) is 0 Å². The molecule has 1 nitrogen and oxygen atoms in total. The summed E-state index contributed by atoms with van der Waals surface area (Å²) in [7, 11) is 0. The third-order valence-electron chi connectivity index (χ3n) is 12.6. The van der Waals surface area contributed by atoms with Gasteiger partial charge in [0, 0.05) is 22.5 Å². The van der Waals surface area contributed by atoms with Gasteiger partial charge in [0.1, 0.15) is 0 Å². The minimum Gasteiger partial charge on any atom is -0.310 e. The average Bonchev–Trinajstić information content (AvgIpc) is 3.54. The Bertz CT molecular complexity index is 3200. The summed E-state index contributed by atoms with van der Waals surface area (Å²) >= 11 is 0. The van der Waals surface area contributed by atoms with Crippen molar-refractivity contribution < 1.29 is 0 Å². The molecule has 0 unspecified atom stereocenters. The van der Waals surface area contributed by atoms with Crippen LogP contribution >= 0.6 is 0 Å². The Balaban J connectivity index is 1.04. The number of hydrogen-bond donors (Lipinski definition) is 0. The quantitative estimate of drug-likeness (QED) is 0.156. The van der Waals surface area contributed by atoms with E-state index in [-0.39, 0.29) is 5.41 Å². The highest BCUT2D eigenvalue weighted by atomic mass is 15.1. The van der Waals surface area contributed by atoms with Crippen LogP contribution in [0.4, 0.5) is 17.1 Å². The van der Waals surface area contributed by atoms with Gasteiger partial charge in [-0.25, -0.2) is 0 Å². The highest BCUT2D eigenvalue weighted by Gasteiger charge is 2.37. The second-order valence-corrected chi connectivity index (χ2v) is 16.6. The third kappa shape index (κ3) is 6.10. The van der Waals surface area contributed by atoms with E-state index in [2.05, 4.69) is 243 Å². The Kier molecular flexibility index (Phi) is 8.57. The summed E-state index contributed by atoms with van der Waals surface area (Å²) in [6.07, 6.45) is 0. The van der Waals surface area contributed by atoms with Crippen molar-refractivity contribution in [2.75, 3.05) is 4.90 Å². The van der Waals surface area contributed by atoms with Gasteiger partial charge in [-0.1, -0.05) is 184 Å². The average molecular weight is 766 g/mol. The van der Waals surface area contributed by atoms with E-state index in [0.717, 1.165) is 17.1 Å². The Morgan fingerprint density at radius 2 is 0.767 bits per heavy atom. The standard InChI is InChI=1S/C59H43N/c1-59(2)56-23-13-22-52(48-25-24-41-16-9-10-19-45(41)36-48)58(56)53-35-34-51(39-57(53)59)60(49-30-26-42(27-31-49)40-14-5-3-6-15-40)50-32-28-44(29-33-50)55-38-47-21-12-11-20-46(47)37-54(55)43-17-7-4-8-18-43/h3-39H,1-2H3. The van der Waals surface area contributed by atoms with Crippen LogP contribution < -0.4 is 4.90 Å². The first kappa shape index (κ1) is 35.7. The molecule has 0 aromatic heterocycles. The van der Waals surface area contributed by atoms with Gasteiger partial charge in [-0.2, -0.15) is 0 Å². The number of rotatable bonds is 7. The molecule has 11 rings (SSSR count). The van der Waals surface area contributed by atoms with Gasteiger partial charge in [-0.15, -0.1) is 0 Å². The normalized spacial score (nSPS) is 12.6. The van der Waals surface area contributed by atoms with Gasteiger partial charge in [-0.3, -0.25) is 0 Å². The van der Waals surface area contributed by atoms with Crippen LogP contribution in [0.3, 0.4) is 0 Å². The summed E-state index contributed by atoms with van der Waals surface area (Å²) in [6.45, 7) is 4.76. The largest absolute Gasteiger partial charge is 0.310 e. The number of hydrogen-bond acceptors (Lipinski definition) is 1. The molecule has 10 aromatic rings. The highest BCUT2D eigenvalue weighted by Crippen LogP contribution is 2.54. The predicted octanol–water partition coefficient (Wildman–Crippen LogP) is 16.4. The molecule has 0 atom stereocenters. The van der Waals surface area contributed by atoms with Gasteiger partial charge in [0.15, 0.2) is 0 Å². The van der Waals surface area contributed by atoms with Gasteiger partial charge >= 0.3 is 0 Å². The molecule has 10 aromatic carbocycles. The molecule has 1 heteroatoms. The minimum absolute atomic E-state index is 0.190. The first-order valence-corrected chi connectivity index (χ1v) is 20.9. The number of benzene rings is 10. The number of anilines is 3. The van der Waals surface area contributed by atoms with Crippen molar-refractivity contribution in [2.24, 2.45) is 0 Å². The summed E-state index contributed by atoms with van der Waals surface area (Å²) in [6, 6.07) is 82.4. The zero-order valence-corrected chi connectivity index (χ0v) is 33.8. The predicted molar refractivity (Wildman–Crippen MR) is 255 cm³/mol. The first-order valence-electron chi connectivity index (χ1n) is 20.9. The fourth-order valence-corrected chi connectivity index (χ4v) is 9.52. The molecule has 0 bridgehead atoms. The van der Waals surface area contributed by atoms with Gasteiger partial charge in [-0.05, 0) is 143 Å². The Morgan fingerprint density at radius 1 is 0.283 bits per heavy atom. The monoisotopic (exact) mass is 765 g/mol. The summed E-state index contributed by atoms with van der Waals surface area (Å²) < 4.78 is 0. The van der Waals surface area contributed by atoms with E-state index in [1.54, 1.807) is 0 Å². The summed E-state index contributed by atoms with van der Waals surface area (Å²) in [4.78, 5) is 2.42. The van der Waals surface area contributed by atoms with Crippen molar-refractivity contribution >= 4 is 38.6 Å². The Morgan fingerprint density at radius 3 is 1.40 bits per heavy atom.